The van der Waals surface area contributed by atoms with E-state index >= 15 is 0 Å². The van der Waals surface area contributed by atoms with Gasteiger partial charge in [0.15, 0.2) is 11.3 Å². The van der Waals surface area contributed by atoms with Gasteiger partial charge in [-0.15, -0.1) is 5.10 Å². The Morgan fingerprint density at radius 3 is 2.65 bits per heavy atom. The number of rotatable bonds is 9. The predicted octanol–water partition coefficient (Wildman–Crippen LogP) is 2.66. The fourth-order valence-electron chi connectivity index (χ4n) is 4.09. The number of imidazole rings is 1. The van der Waals surface area contributed by atoms with Crippen LogP contribution in [0.5, 0.6) is 0 Å². The number of aromatic nitrogens is 6. The van der Waals surface area contributed by atoms with Crippen LogP contribution in [-0.2, 0) is 17.9 Å². The summed E-state index contributed by atoms with van der Waals surface area (Å²) in [6.07, 6.45) is 10.2. The van der Waals surface area contributed by atoms with Gasteiger partial charge in [0.2, 0.25) is 5.91 Å². The number of carbonyl (C=O) groups is 2. The van der Waals surface area contributed by atoms with E-state index in [1.54, 1.807) is 21.7 Å². The molecule has 0 aromatic carbocycles. The van der Waals surface area contributed by atoms with Crippen LogP contribution in [-0.4, -0.2) is 41.4 Å². The number of hydrogen-bond acceptors (Lipinski definition) is 6. The van der Waals surface area contributed by atoms with Crippen LogP contribution in [0, 0.1) is 17.3 Å². The molecule has 0 spiro atoms. The monoisotopic (exact) mass is 464 g/mol. The summed E-state index contributed by atoms with van der Waals surface area (Å²) in [5.41, 5.74) is 2.60. The Hall–Kier alpha value is -3.30. The Morgan fingerprint density at radius 2 is 1.94 bits per heavy atom. The van der Waals surface area contributed by atoms with Gasteiger partial charge < -0.3 is 10.6 Å². The van der Waals surface area contributed by atoms with Crippen molar-refractivity contribution in [3.63, 3.8) is 0 Å². The van der Waals surface area contributed by atoms with Crippen molar-refractivity contribution in [1.82, 2.24) is 40.2 Å². The van der Waals surface area contributed by atoms with Crippen LogP contribution in [0.3, 0.4) is 0 Å². The molecule has 2 saturated carbocycles. The average Bonchev–Trinajstić information content (AvgIpc) is 3.68. The topological polar surface area (TPSA) is 119 Å². The van der Waals surface area contributed by atoms with E-state index in [4.69, 9.17) is 0 Å². The second-order valence-corrected chi connectivity index (χ2v) is 10.9. The Balaban J connectivity index is 1.23. The zero-order valence-corrected chi connectivity index (χ0v) is 20.0. The standard InChI is InChI=1S/C24H32N8O2/c1-24(2,3)9-21(33)29-22(16-6-7-16)17-8-20-28-18(14-31(20)26-10-17)11-25-23(34)19-12-27-32(30-19)13-15-4-5-15/h8,10,12,14-16,22H,4-7,9,11,13H2,1-3H3,(H,25,34)(H,29,33). The summed E-state index contributed by atoms with van der Waals surface area (Å²) < 4.78 is 1.69. The van der Waals surface area contributed by atoms with E-state index in [0.29, 0.717) is 35.3 Å². The zero-order valence-electron chi connectivity index (χ0n) is 20.0. The summed E-state index contributed by atoms with van der Waals surface area (Å²) in [5, 5.41) is 19.0. The minimum absolute atomic E-state index is 0.0505. The van der Waals surface area contributed by atoms with Gasteiger partial charge in [0.25, 0.3) is 5.91 Å². The quantitative estimate of drug-likeness (QED) is 0.502. The molecule has 2 fully saturated rings. The highest BCUT2D eigenvalue weighted by atomic mass is 16.2. The van der Waals surface area contributed by atoms with Crippen molar-refractivity contribution in [2.45, 2.75) is 72.0 Å². The minimum atomic E-state index is -0.275. The molecule has 180 valence electrons. The van der Waals surface area contributed by atoms with Gasteiger partial charge >= 0.3 is 0 Å². The van der Waals surface area contributed by atoms with Gasteiger partial charge in [-0.2, -0.15) is 15.0 Å². The van der Waals surface area contributed by atoms with Crippen LogP contribution < -0.4 is 10.6 Å². The van der Waals surface area contributed by atoms with E-state index in [1.807, 2.05) is 6.07 Å². The molecule has 1 unspecified atom stereocenters. The summed E-state index contributed by atoms with van der Waals surface area (Å²) >= 11 is 0. The second-order valence-electron chi connectivity index (χ2n) is 10.9. The molecule has 0 bridgehead atoms. The van der Waals surface area contributed by atoms with E-state index in [2.05, 4.69) is 51.7 Å². The van der Waals surface area contributed by atoms with Gasteiger partial charge in [0.05, 0.1) is 43.4 Å². The number of nitrogens with zero attached hydrogens (tertiary/aromatic N) is 6. The van der Waals surface area contributed by atoms with Crippen molar-refractivity contribution < 1.29 is 9.59 Å². The molecule has 34 heavy (non-hydrogen) atoms. The molecule has 1 atom stereocenters. The van der Waals surface area contributed by atoms with Crippen molar-refractivity contribution >= 4 is 17.5 Å². The Morgan fingerprint density at radius 1 is 1.15 bits per heavy atom. The molecule has 5 rings (SSSR count). The third kappa shape index (κ3) is 5.60. The van der Waals surface area contributed by atoms with Crippen molar-refractivity contribution in [3.8, 4) is 0 Å². The minimum Gasteiger partial charge on any atom is -0.349 e. The first-order valence-electron chi connectivity index (χ1n) is 12.1. The average molecular weight is 465 g/mol. The third-order valence-electron chi connectivity index (χ3n) is 6.17. The highest BCUT2D eigenvalue weighted by molar-refractivity contribution is 5.91. The van der Waals surface area contributed by atoms with Crippen LogP contribution in [0.1, 0.15) is 80.7 Å². The van der Waals surface area contributed by atoms with E-state index < -0.39 is 0 Å². The van der Waals surface area contributed by atoms with Crippen molar-refractivity contribution in [3.05, 3.63) is 41.6 Å². The highest BCUT2D eigenvalue weighted by Crippen LogP contribution is 2.41. The summed E-state index contributed by atoms with van der Waals surface area (Å²) in [5.74, 6) is 0.869. The molecule has 2 aliphatic carbocycles. The predicted molar refractivity (Wildman–Crippen MR) is 125 cm³/mol. The van der Waals surface area contributed by atoms with Crippen molar-refractivity contribution in [2.75, 3.05) is 0 Å². The molecule has 3 aromatic rings. The fraction of sp³-hybridized carbons (Fsp3) is 0.583. The maximum absolute atomic E-state index is 12.6. The van der Waals surface area contributed by atoms with Crippen molar-refractivity contribution in [1.29, 1.82) is 0 Å². The highest BCUT2D eigenvalue weighted by Gasteiger charge is 2.34. The number of amides is 2. The molecule has 0 saturated heterocycles. The first-order valence-corrected chi connectivity index (χ1v) is 12.1. The molecular formula is C24H32N8O2. The summed E-state index contributed by atoms with van der Waals surface area (Å²) in [6.45, 7) is 7.22. The van der Waals surface area contributed by atoms with Crippen molar-refractivity contribution in [2.24, 2.45) is 17.3 Å². The molecule has 3 aromatic heterocycles. The Labute approximate surface area is 198 Å². The Kier molecular flexibility index (Phi) is 5.83. The van der Waals surface area contributed by atoms with Gasteiger partial charge in [-0.1, -0.05) is 20.8 Å². The smallest absolute Gasteiger partial charge is 0.273 e. The Bertz CT molecular complexity index is 1200. The molecule has 0 radical (unpaired) electrons. The van der Waals surface area contributed by atoms with Crippen LogP contribution in [0.4, 0.5) is 0 Å². The molecule has 2 N–H and O–H groups in total. The molecule has 0 aliphatic heterocycles. The van der Waals surface area contributed by atoms with Gasteiger partial charge in [-0.05, 0) is 54.6 Å². The number of hydrogen-bond donors (Lipinski definition) is 2. The summed E-state index contributed by atoms with van der Waals surface area (Å²) in [7, 11) is 0. The third-order valence-corrected chi connectivity index (χ3v) is 6.17. The van der Waals surface area contributed by atoms with E-state index in [0.717, 1.165) is 24.9 Å². The lowest BCUT2D eigenvalue weighted by molar-refractivity contribution is -0.123. The lowest BCUT2D eigenvalue weighted by Crippen LogP contribution is -2.32. The molecule has 2 aliphatic rings. The van der Waals surface area contributed by atoms with Crippen LogP contribution in [0.15, 0.2) is 24.7 Å². The maximum atomic E-state index is 12.6. The molecule has 2 amide bonds. The number of fused-ring (bicyclic) bond motifs is 1. The SMILES string of the molecule is CC(C)(C)CC(=O)NC(c1cnn2cc(CNC(=O)c3cnn(CC4CC4)n3)nc2c1)C1CC1. The number of nitrogens with one attached hydrogen (secondary N) is 2. The van der Waals surface area contributed by atoms with E-state index in [-0.39, 0.29) is 29.8 Å². The van der Waals surface area contributed by atoms with Crippen LogP contribution >= 0.6 is 0 Å². The summed E-state index contributed by atoms with van der Waals surface area (Å²) in [4.78, 5) is 31.2. The zero-order chi connectivity index (χ0) is 23.9. The van der Waals surface area contributed by atoms with Gasteiger partial charge in [0, 0.05) is 6.42 Å². The second kappa shape index (κ2) is 8.81. The molecule has 10 nitrogen and oxygen atoms in total. The van der Waals surface area contributed by atoms with Gasteiger partial charge in [-0.25, -0.2) is 9.50 Å². The molecule has 3 heterocycles. The summed E-state index contributed by atoms with van der Waals surface area (Å²) in [6, 6.07) is 1.92. The normalized spacial score (nSPS) is 17.0. The maximum Gasteiger partial charge on any atom is 0.273 e. The van der Waals surface area contributed by atoms with Crippen LogP contribution in [0.25, 0.3) is 5.65 Å². The van der Waals surface area contributed by atoms with Gasteiger partial charge in [0.1, 0.15) is 0 Å². The van der Waals surface area contributed by atoms with Gasteiger partial charge in [-0.3, -0.25) is 9.59 Å². The first kappa shape index (κ1) is 22.5. The lowest BCUT2D eigenvalue weighted by atomic mass is 9.91. The molecule has 10 heteroatoms. The van der Waals surface area contributed by atoms with Crippen LogP contribution in [0.2, 0.25) is 0 Å². The molecular weight excluding hydrogens is 432 g/mol. The van der Waals surface area contributed by atoms with E-state index in [9.17, 15) is 9.59 Å². The fourth-order valence-corrected chi connectivity index (χ4v) is 4.09. The largest absolute Gasteiger partial charge is 0.349 e. The lowest BCUT2D eigenvalue weighted by Gasteiger charge is -2.22. The van der Waals surface area contributed by atoms with E-state index in [1.165, 1.54) is 19.0 Å². The first-order chi connectivity index (χ1) is 16.2. The number of carbonyl (C=O) groups excluding carboxylic acids is 2.